The molecule has 5 aromatic rings. The average Bonchev–Trinajstić information content (AvgIpc) is 3.43. The molecule has 75 heavy (non-hydrogen) atoms. The first-order chi connectivity index (χ1) is 36.9. The normalized spacial score (nSPS) is 10.9. The zero-order valence-electron chi connectivity index (χ0n) is 47.1. The van der Waals surface area contributed by atoms with Gasteiger partial charge in [-0.25, -0.2) is 13.7 Å². The van der Waals surface area contributed by atoms with Gasteiger partial charge in [0, 0.05) is 94.1 Å². The molecule has 0 saturated heterocycles. The van der Waals surface area contributed by atoms with Crippen LogP contribution in [-0.2, 0) is 64.6 Å². The molecule has 0 saturated carbocycles. The Morgan fingerprint density at radius 1 is 0.333 bits per heavy atom. The number of nitrogens with zero attached hydrogens (tertiary/aromatic N) is 3. The minimum Gasteiger partial charge on any atom is -0.205 e. The third-order valence-corrected chi connectivity index (χ3v) is 15.6. The molecule has 0 aliphatic carbocycles. The van der Waals surface area contributed by atoms with Crippen LogP contribution in [-0.4, -0.2) is 16.0 Å². The summed E-state index contributed by atoms with van der Waals surface area (Å²) in [7, 11) is 0. The van der Waals surface area contributed by atoms with E-state index in [-0.39, 0.29) is 0 Å². The highest BCUT2D eigenvalue weighted by Gasteiger charge is 2.08. The third-order valence-electron chi connectivity index (χ3n) is 13.9. The first-order valence-corrected chi connectivity index (χ1v) is 33.2. The Morgan fingerprint density at radius 3 is 1.00 bits per heavy atom. The maximum Gasteiger partial charge on any atom is 0.171 e. The zero-order chi connectivity index (χ0) is 53.2. The predicted octanol–water partition coefficient (Wildman–Crippen LogP) is 17.7. The van der Waals surface area contributed by atoms with Gasteiger partial charge in [0.05, 0.1) is 0 Å². The van der Waals surface area contributed by atoms with Crippen LogP contribution in [0.2, 0.25) is 0 Å². The molecule has 2 aromatic carbocycles. The van der Waals surface area contributed by atoms with Gasteiger partial charge in [-0.1, -0.05) is 149 Å². The van der Waals surface area contributed by atoms with Gasteiger partial charge in [-0.15, -0.1) is 0 Å². The quantitative estimate of drug-likeness (QED) is 0.0164. The van der Waals surface area contributed by atoms with Crippen LogP contribution < -0.4 is 13.7 Å². The third kappa shape index (κ3) is 30.3. The summed E-state index contributed by atoms with van der Waals surface area (Å²) >= 11 is 10.6. The van der Waals surface area contributed by atoms with Gasteiger partial charge in [-0.3, -0.25) is 0 Å². The molecule has 0 amide bonds. The van der Waals surface area contributed by atoms with Crippen LogP contribution in [0.4, 0.5) is 0 Å². The summed E-state index contributed by atoms with van der Waals surface area (Å²) in [6, 6.07) is 27.6. The molecular formula is C69H97Br3N3+3. The monoisotopic (exact) mass is 1200 g/mol. The van der Waals surface area contributed by atoms with Gasteiger partial charge in [0.15, 0.2) is 37.2 Å². The van der Waals surface area contributed by atoms with E-state index in [0.717, 1.165) is 91.7 Å². The molecule has 3 aromatic heterocycles. The molecular weight excluding hydrogens is 1110 g/mol. The lowest BCUT2D eigenvalue weighted by molar-refractivity contribution is -0.697. The number of benzene rings is 2. The van der Waals surface area contributed by atoms with Crippen LogP contribution >= 0.6 is 47.8 Å². The van der Waals surface area contributed by atoms with Crippen molar-refractivity contribution in [1.29, 1.82) is 0 Å². The van der Waals surface area contributed by atoms with Crippen LogP contribution in [0.25, 0.3) is 0 Å². The van der Waals surface area contributed by atoms with E-state index in [1.54, 1.807) is 16.7 Å². The lowest BCUT2D eigenvalue weighted by atomic mass is 9.96. The lowest BCUT2D eigenvalue weighted by Crippen LogP contribution is -2.33. The van der Waals surface area contributed by atoms with Crippen LogP contribution in [0.15, 0.2) is 110 Å². The summed E-state index contributed by atoms with van der Waals surface area (Å²) in [6.07, 6.45) is 48.7. The van der Waals surface area contributed by atoms with Gasteiger partial charge < -0.3 is 0 Å². The standard InChI is InChI=1S/C48H64N3.C21H33Br3/c1-4-7-22-43-28-19-34-49(40-43)31-16-10-13-25-46-37-47(26-14-11-17-32-50-35-20-29-44(41-50)23-8-5-2)39-48(38-46)27-15-12-18-33-51-36-21-30-45(42-51)24-9-6-3;22-13-7-1-4-10-19-16-20(11-5-2-8-14-23)18-21(17-19)12-6-3-9-15-24/h19-21,28-30,34-42H,4-13,16-18,22-25,31-33H2,1-3H3;16-18H,1-15H2/q+3;. The Hall–Kier alpha value is -3.55. The zero-order valence-corrected chi connectivity index (χ0v) is 51.9. The van der Waals surface area contributed by atoms with Gasteiger partial charge >= 0.3 is 0 Å². The molecule has 5 rings (SSSR count). The van der Waals surface area contributed by atoms with E-state index in [9.17, 15) is 0 Å². The number of unbranched alkanes of at least 4 members (excludes halogenated alkanes) is 13. The molecule has 0 bridgehead atoms. The van der Waals surface area contributed by atoms with Crippen molar-refractivity contribution in [1.82, 2.24) is 0 Å². The number of rotatable bonds is 36. The molecule has 3 heterocycles. The van der Waals surface area contributed by atoms with Crippen LogP contribution in [0.5, 0.6) is 0 Å². The highest BCUT2D eigenvalue weighted by Crippen LogP contribution is 2.19. The van der Waals surface area contributed by atoms with E-state index in [0.29, 0.717) is 0 Å². The van der Waals surface area contributed by atoms with Crippen molar-refractivity contribution in [2.75, 3.05) is 16.0 Å². The maximum atomic E-state index is 3.53. The molecule has 0 atom stereocenters. The topological polar surface area (TPSA) is 11.6 Å². The second-order valence-electron chi connectivity index (χ2n) is 20.9. The fraction of sp³-hybridized carbons (Fsp3) is 0.551. The van der Waals surface area contributed by atoms with Gasteiger partial charge in [-0.05, 0) is 174 Å². The minimum atomic E-state index is 0.895. The molecule has 6 heteroatoms. The Morgan fingerprint density at radius 2 is 0.653 bits per heavy atom. The Balaban J connectivity index is 0.000000424. The van der Waals surface area contributed by atoms with Crippen LogP contribution in [0, 0.1) is 23.7 Å². The molecule has 0 radical (unpaired) electrons. The number of alkyl halides is 3. The molecule has 0 aliphatic heterocycles. The summed E-state index contributed by atoms with van der Waals surface area (Å²) in [5.74, 6) is 14.0. The summed E-state index contributed by atoms with van der Waals surface area (Å²) in [6.45, 7) is 9.88. The summed E-state index contributed by atoms with van der Waals surface area (Å²) in [5.41, 5.74) is 12.6. The summed E-state index contributed by atoms with van der Waals surface area (Å²) in [5, 5.41) is 3.41. The largest absolute Gasteiger partial charge is 0.205 e. The molecule has 0 unspecified atom stereocenters. The fourth-order valence-electron chi connectivity index (χ4n) is 9.62. The second-order valence-corrected chi connectivity index (χ2v) is 23.2. The number of aromatic nitrogens is 3. The van der Waals surface area contributed by atoms with E-state index in [1.165, 1.54) is 164 Å². The molecule has 0 N–H and O–H groups in total. The van der Waals surface area contributed by atoms with Crippen molar-refractivity contribution in [2.45, 2.75) is 227 Å². The number of halogens is 3. The van der Waals surface area contributed by atoms with E-state index in [4.69, 9.17) is 0 Å². The van der Waals surface area contributed by atoms with Gasteiger partial charge in [0.1, 0.15) is 19.6 Å². The lowest BCUT2D eigenvalue weighted by Gasteiger charge is -2.10. The SMILES string of the molecule is BrCCCCCc1cc(CCCCCBr)cc(CCCCCBr)c1.CCCCc1ccc[n+](CCCC#Cc2cc(C#CCCC[n+]3cccc(CCCC)c3)cc(CCCCC[n+]3cccc(CCCC)c3)c2)c1. The Bertz CT molecular complexity index is 2230. The molecule has 406 valence electrons. The highest BCUT2D eigenvalue weighted by molar-refractivity contribution is 9.09. The molecule has 0 fully saturated rings. The Labute approximate surface area is 484 Å². The van der Waals surface area contributed by atoms with E-state index in [2.05, 4.69) is 216 Å². The predicted molar refractivity (Wildman–Crippen MR) is 332 cm³/mol. The molecule has 0 aliphatic rings. The van der Waals surface area contributed by atoms with Crippen molar-refractivity contribution in [3.63, 3.8) is 0 Å². The van der Waals surface area contributed by atoms with E-state index >= 15 is 0 Å². The second kappa shape index (κ2) is 42.5. The van der Waals surface area contributed by atoms with Crippen LogP contribution in [0.1, 0.15) is 212 Å². The maximum absolute atomic E-state index is 3.53. The smallest absolute Gasteiger partial charge is 0.171 e. The molecule has 0 spiro atoms. The van der Waals surface area contributed by atoms with E-state index < -0.39 is 0 Å². The first-order valence-electron chi connectivity index (χ1n) is 29.8. The minimum absolute atomic E-state index is 0.895. The average molecular weight is 1210 g/mol. The number of hydrogen-bond donors (Lipinski definition) is 0. The number of aryl methyl sites for hydroxylation is 10. The van der Waals surface area contributed by atoms with Crippen LogP contribution in [0.3, 0.4) is 0 Å². The van der Waals surface area contributed by atoms with Crippen molar-refractivity contribution < 1.29 is 13.7 Å². The van der Waals surface area contributed by atoms with E-state index in [1.807, 2.05) is 0 Å². The molecule has 3 nitrogen and oxygen atoms in total. The van der Waals surface area contributed by atoms with Crippen molar-refractivity contribution >= 4 is 47.8 Å². The summed E-state index contributed by atoms with van der Waals surface area (Å²) in [4.78, 5) is 0. The highest BCUT2D eigenvalue weighted by atomic mass is 79.9. The van der Waals surface area contributed by atoms with Gasteiger partial charge in [0.25, 0.3) is 0 Å². The Kier molecular flexibility index (Phi) is 36.2. The van der Waals surface area contributed by atoms with Crippen molar-refractivity contribution in [3.05, 3.63) is 160 Å². The fourth-order valence-corrected chi connectivity index (χ4v) is 10.8. The van der Waals surface area contributed by atoms with Gasteiger partial charge in [0.2, 0.25) is 0 Å². The number of pyridine rings is 3. The number of hydrogen-bond acceptors (Lipinski definition) is 0. The summed E-state index contributed by atoms with van der Waals surface area (Å²) < 4.78 is 7.02. The van der Waals surface area contributed by atoms with Crippen molar-refractivity contribution in [3.8, 4) is 23.7 Å². The van der Waals surface area contributed by atoms with Crippen molar-refractivity contribution in [2.24, 2.45) is 0 Å². The first kappa shape index (κ1) is 64.0. The van der Waals surface area contributed by atoms with Gasteiger partial charge in [-0.2, -0.15) is 0 Å².